The number of aromatic nitrogens is 1. The lowest BCUT2D eigenvalue weighted by Crippen LogP contribution is -2.30. The van der Waals surface area contributed by atoms with Crippen LogP contribution in [-0.2, 0) is 14.3 Å². The number of hydrogen-bond donors (Lipinski definition) is 2. The van der Waals surface area contributed by atoms with Gasteiger partial charge in [0.2, 0.25) is 0 Å². The molecule has 1 heterocycles. The summed E-state index contributed by atoms with van der Waals surface area (Å²) in [4.78, 5) is 39.6. The standard InChI is InChI=1S/C20H21N3O5/c1-5-27-20(26)17-11(2)16(12(3)22-17)19(25)28-13(4)18(24)23-15-8-6-7-14(9-15)10-21/h6-9,13,22H,5H2,1-4H3,(H,23,24)/t13-/m0/s1. The van der Waals surface area contributed by atoms with E-state index in [2.05, 4.69) is 10.3 Å². The Labute approximate surface area is 162 Å². The van der Waals surface area contributed by atoms with Gasteiger partial charge in [0.05, 0.1) is 23.8 Å². The van der Waals surface area contributed by atoms with Gasteiger partial charge in [-0.15, -0.1) is 0 Å². The third-order valence-corrected chi connectivity index (χ3v) is 4.03. The molecule has 0 aliphatic heterocycles. The van der Waals surface area contributed by atoms with Gasteiger partial charge in [-0.3, -0.25) is 4.79 Å². The van der Waals surface area contributed by atoms with E-state index in [1.165, 1.54) is 13.0 Å². The van der Waals surface area contributed by atoms with Crippen molar-refractivity contribution in [2.24, 2.45) is 0 Å². The number of H-pyrrole nitrogens is 1. The van der Waals surface area contributed by atoms with Crippen molar-refractivity contribution in [3.05, 3.63) is 52.3 Å². The van der Waals surface area contributed by atoms with Crippen molar-refractivity contribution < 1.29 is 23.9 Å². The van der Waals surface area contributed by atoms with Gasteiger partial charge in [0.15, 0.2) is 6.10 Å². The molecule has 0 saturated carbocycles. The molecule has 0 aliphatic carbocycles. The molecule has 1 aromatic heterocycles. The molecule has 2 N–H and O–H groups in total. The summed E-state index contributed by atoms with van der Waals surface area (Å²) in [5.74, 6) is -1.83. The predicted molar refractivity (Wildman–Crippen MR) is 101 cm³/mol. The van der Waals surface area contributed by atoms with E-state index in [4.69, 9.17) is 14.7 Å². The zero-order chi connectivity index (χ0) is 20.8. The molecule has 8 heteroatoms. The van der Waals surface area contributed by atoms with Crippen molar-refractivity contribution in [2.45, 2.75) is 33.8 Å². The second-order valence-corrected chi connectivity index (χ2v) is 6.07. The van der Waals surface area contributed by atoms with Crippen LogP contribution in [0.5, 0.6) is 0 Å². The second-order valence-electron chi connectivity index (χ2n) is 6.07. The molecule has 146 valence electrons. The van der Waals surface area contributed by atoms with E-state index in [1.807, 2.05) is 6.07 Å². The van der Waals surface area contributed by atoms with Gasteiger partial charge in [-0.2, -0.15) is 5.26 Å². The summed E-state index contributed by atoms with van der Waals surface area (Å²) >= 11 is 0. The monoisotopic (exact) mass is 383 g/mol. The number of nitrogens with one attached hydrogen (secondary N) is 2. The summed E-state index contributed by atoms with van der Waals surface area (Å²) < 4.78 is 10.2. The molecule has 0 saturated heterocycles. The van der Waals surface area contributed by atoms with Gasteiger partial charge in [0, 0.05) is 11.4 Å². The van der Waals surface area contributed by atoms with Crippen molar-refractivity contribution >= 4 is 23.5 Å². The van der Waals surface area contributed by atoms with Crippen molar-refractivity contribution in [3.8, 4) is 6.07 Å². The van der Waals surface area contributed by atoms with Crippen LogP contribution in [0.3, 0.4) is 0 Å². The van der Waals surface area contributed by atoms with Crippen LogP contribution in [0.2, 0.25) is 0 Å². The van der Waals surface area contributed by atoms with Crippen LogP contribution in [0.4, 0.5) is 5.69 Å². The molecule has 1 atom stereocenters. The largest absolute Gasteiger partial charge is 0.461 e. The van der Waals surface area contributed by atoms with E-state index in [0.717, 1.165) is 0 Å². The zero-order valence-electron chi connectivity index (χ0n) is 16.1. The van der Waals surface area contributed by atoms with Gasteiger partial charge in [0.25, 0.3) is 5.91 Å². The molecule has 1 amide bonds. The normalized spacial score (nSPS) is 11.2. The lowest BCUT2D eigenvalue weighted by molar-refractivity contribution is -0.123. The Hall–Kier alpha value is -3.60. The van der Waals surface area contributed by atoms with E-state index < -0.39 is 23.9 Å². The fourth-order valence-electron chi connectivity index (χ4n) is 2.65. The molecule has 0 unspecified atom stereocenters. The molecule has 28 heavy (non-hydrogen) atoms. The first kappa shape index (κ1) is 20.7. The highest BCUT2D eigenvalue weighted by Gasteiger charge is 2.26. The van der Waals surface area contributed by atoms with Crippen molar-refractivity contribution in [2.75, 3.05) is 11.9 Å². The van der Waals surface area contributed by atoms with Gasteiger partial charge < -0.3 is 19.8 Å². The number of anilines is 1. The summed E-state index contributed by atoms with van der Waals surface area (Å²) in [5, 5.41) is 11.5. The van der Waals surface area contributed by atoms with Gasteiger partial charge in [-0.05, 0) is 51.5 Å². The third-order valence-electron chi connectivity index (χ3n) is 4.03. The van der Waals surface area contributed by atoms with Crippen LogP contribution < -0.4 is 5.32 Å². The highest BCUT2D eigenvalue weighted by molar-refractivity contribution is 6.01. The predicted octanol–water partition coefficient (Wildman–Crippen LogP) is 2.86. The maximum Gasteiger partial charge on any atom is 0.355 e. The van der Waals surface area contributed by atoms with E-state index in [1.54, 1.807) is 39.0 Å². The van der Waals surface area contributed by atoms with E-state index in [9.17, 15) is 14.4 Å². The Morgan fingerprint density at radius 1 is 1.25 bits per heavy atom. The molecule has 0 fully saturated rings. The number of rotatable bonds is 6. The Kier molecular flexibility index (Phi) is 6.55. The van der Waals surface area contributed by atoms with Crippen LogP contribution >= 0.6 is 0 Å². The summed E-state index contributed by atoms with van der Waals surface area (Å²) in [6, 6.07) is 8.36. The third kappa shape index (κ3) is 4.57. The smallest absolute Gasteiger partial charge is 0.355 e. The molecule has 0 radical (unpaired) electrons. The fraction of sp³-hybridized carbons (Fsp3) is 0.300. The number of amides is 1. The first-order chi connectivity index (χ1) is 13.3. The maximum atomic E-state index is 12.5. The van der Waals surface area contributed by atoms with Crippen LogP contribution in [0.1, 0.15) is 51.5 Å². The highest BCUT2D eigenvalue weighted by atomic mass is 16.5. The number of esters is 2. The fourth-order valence-corrected chi connectivity index (χ4v) is 2.65. The number of aromatic amines is 1. The molecule has 0 spiro atoms. The quantitative estimate of drug-likeness (QED) is 0.740. The van der Waals surface area contributed by atoms with Gasteiger partial charge >= 0.3 is 11.9 Å². The van der Waals surface area contributed by atoms with Crippen LogP contribution in [0.15, 0.2) is 24.3 Å². The Bertz CT molecular complexity index is 955. The minimum atomic E-state index is -1.09. The number of nitriles is 1. The van der Waals surface area contributed by atoms with Gasteiger partial charge in [-0.1, -0.05) is 6.07 Å². The molecule has 0 bridgehead atoms. The Morgan fingerprint density at radius 2 is 1.96 bits per heavy atom. The Morgan fingerprint density at radius 3 is 2.61 bits per heavy atom. The van der Waals surface area contributed by atoms with Crippen LogP contribution in [0, 0.1) is 25.2 Å². The highest BCUT2D eigenvalue weighted by Crippen LogP contribution is 2.21. The van der Waals surface area contributed by atoms with E-state index in [0.29, 0.717) is 22.5 Å². The lowest BCUT2D eigenvalue weighted by atomic mass is 10.1. The number of carbonyl (C=O) groups is 3. The number of ether oxygens (including phenoxy) is 2. The molecule has 0 aliphatic rings. The van der Waals surface area contributed by atoms with Crippen LogP contribution in [0.25, 0.3) is 0 Å². The number of nitrogens with zero attached hydrogens (tertiary/aromatic N) is 1. The summed E-state index contributed by atoms with van der Waals surface area (Å²) in [5.41, 5.74) is 2.03. The Balaban J connectivity index is 2.10. The lowest BCUT2D eigenvalue weighted by Gasteiger charge is -2.14. The number of carbonyl (C=O) groups excluding carboxylic acids is 3. The minimum absolute atomic E-state index is 0.178. The van der Waals surface area contributed by atoms with E-state index in [-0.39, 0.29) is 17.9 Å². The first-order valence-corrected chi connectivity index (χ1v) is 8.66. The summed E-state index contributed by atoms with van der Waals surface area (Å²) in [7, 11) is 0. The van der Waals surface area contributed by atoms with Crippen molar-refractivity contribution in [1.82, 2.24) is 4.98 Å². The van der Waals surface area contributed by atoms with Crippen LogP contribution in [-0.4, -0.2) is 35.5 Å². The minimum Gasteiger partial charge on any atom is -0.461 e. The number of hydrogen-bond acceptors (Lipinski definition) is 6. The van der Waals surface area contributed by atoms with Crippen molar-refractivity contribution in [1.29, 1.82) is 5.26 Å². The summed E-state index contributed by atoms with van der Waals surface area (Å²) in [6.07, 6.45) is -1.09. The average molecular weight is 383 g/mol. The molecular formula is C20H21N3O5. The van der Waals surface area contributed by atoms with Crippen molar-refractivity contribution in [3.63, 3.8) is 0 Å². The van der Waals surface area contributed by atoms with Gasteiger partial charge in [0.1, 0.15) is 5.69 Å². The average Bonchev–Trinajstić information content (AvgIpc) is 2.96. The maximum absolute atomic E-state index is 12.5. The molecule has 1 aromatic carbocycles. The number of benzene rings is 1. The zero-order valence-corrected chi connectivity index (χ0v) is 16.1. The summed E-state index contributed by atoms with van der Waals surface area (Å²) in [6.45, 7) is 6.56. The molecule has 2 aromatic rings. The van der Waals surface area contributed by atoms with E-state index >= 15 is 0 Å². The molecule has 8 nitrogen and oxygen atoms in total. The molecule has 2 rings (SSSR count). The number of aryl methyl sites for hydroxylation is 1. The van der Waals surface area contributed by atoms with Gasteiger partial charge in [-0.25, -0.2) is 9.59 Å². The SMILES string of the molecule is CCOC(=O)c1[nH]c(C)c(C(=O)O[C@@H](C)C(=O)Nc2cccc(C#N)c2)c1C. The molecular weight excluding hydrogens is 362 g/mol. The second kappa shape index (κ2) is 8.86. The first-order valence-electron chi connectivity index (χ1n) is 8.66. The topological polar surface area (TPSA) is 121 Å².